The van der Waals surface area contributed by atoms with Crippen LogP contribution in [0, 0.1) is 5.82 Å². The van der Waals surface area contributed by atoms with Crippen LogP contribution in [0.3, 0.4) is 0 Å². The van der Waals surface area contributed by atoms with Crippen LogP contribution >= 0.6 is 0 Å². The van der Waals surface area contributed by atoms with Gasteiger partial charge in [0, 0.05) is 11.8 Å². The lowest BCUT2D eigenvalue weighted by Gasteiger charge is -2.15. The van der Waals surface area contributed by atoms with Crippen molar-refractivity contribution in [3.63, 3.8) is 0 Å². The molecule has 2 rings (SSSR count). The second-order valence-electron chi connectivity index (χ2n) is 4.26. The van der Waals surface area contributed by atoms with E-state index in [1.165, 1.54) is 6.07 Å². The molecule has 5 heteroatoms. The first-order chi connectivity index (χ1) is 8.08. The SMILES string of the molecule is NC(=O)c1cc(OC2CCCC2)c(F)cc1N. The van der Waals surface area contributed by atoms with E-state index in [0.717, 1.165) is 31.7 Å². The number of nitrogens with two attached hydrogens (primary N) is 2. The summed E-state index contributed by atoms with van der Waals surface area (Å²) in [5.74, 6) is -1.18. The van der Waals surface area contributed by atoms with Gasteiger partial charge >= 0.3 is 0 Å². The Hall–Kier alpha value is -1.78. The van der Waals surface area contributed by atoms with Gasteiger partial charge in [-0.1, -0.05) is 0 Å². The summed E-state index contributed by atoms with van der Waals surface area (Å²) in [6.45, 7) is 0. The van der Waals surface area contributed by atoms with Crippen molar-refractivity contribution in [2.75, 3.05) is 5.73 Å². The fourth-order valence-corrected chi connectivity index (χ4v) is 2.06. The van der Waals surface area contributed by atoms with Crippen LogP contribution in [-0.4, -0.2) is 12.0 Å². The molecule has 1 amide bonds. The molecule has 1 aromatic rings. The van der Waals surface area contributed by atoms with E-state index >= 15 is 0 Å². The second-order valence-corrected chi connectivity index (χ2v) is 4.26. The smallest absolute Gasteiger partial charge is 0.250 e. The van der Waals surface area contributed by atoms with Crippen LogP contribution in [0.4, 0.5) is 10.1 Å². The summed E-state index contributed by atoms with van der Waals surface area (Å²) in [5.41, 5.74) is 10.8. The zero-order valence-electron chi connectivity index (χ0n) is 9.41. The van der Waals surface area contributed by atoms with Crippen molar-refractivity contribution in [3.05, 3.63) is 23.5 Å². The molecule has 0 radical (unpaired) electrons. The summed E-state index contributed by atoms with van der Waals surface area (Å²) in [5, 5.41) is 0. The summed E-state index contributed by atoms with van der Waals surface area (Å²) in [4.78, 5) is 11.1. The molecule has 0 heterocycles. The van der Waals surface area contributed by atoms with Gasteiger partial charge in [0.05, 0.1) is 11.7 Å². The zero-order valence-corrected chi connectivity index (χ0v) is 9.41. The number of halogens is 1. The third-order valence-electron chi connectivity index (χ3n) is 2.97. The molecular formula is C12H15FN2O2. The number of carbonyl (C=O) groups excluding carboxylic acids is 1. The summed E-state index contributed by atoms with van der Waals surface area (Å²) < 4.78 is 19.1. The van der Waals surface area contributed by atoms with E-state index < -0.39 is 11.7 Å². The maximum Gasteiger partial charge on any atom is 0.250 e. The molecule has 0 aliphatic heterocycles. The van der Waals surface area contributed by atoms with Gasteiger partial charge in [-0.05, 0) is 31.7 Å². The Balaban J connectivity index is 2.26. The maximum atomic E-state index is 13.6. The molecule has 92 valence electrons. The average molecular weight is 238 g/mol. The fraction of sp³-hybridized carbons (Fsp3) is 0.417. The van der Waals surface area contributed by atoms with Gasteiger partial charge in [0.2, 0.25) is 0 Å². The first-order valence-corrected chi connectivity index (χ1v) is 5.63. The van der Waals surface area contributed by atoms with Crippen LogP contribution in [-0.2, 0) is 0 Å². The molecule has 0 aromatic heterocycles. The molecule has 1 aromatic carbocycles. The van der Waals surface area contributed by atoms with E-state index in [2.05, 4.69) is 0 Å². The topological polar surface area (TPSA) is 78.3 Å². The average Bonchev–Trinajstić information content (AvgIpc) is 2.74. The maximum absolute atomic E-state index is 13.6. The largest absolute Gasteiger partial charge is 0.487 e. The normalized spacial score (nSPS) is 16.1. The molecule has 0 spiro atoms. The number of anilines is 1. The molecule has 0 bridgehead atoms. The van der Waals surface area contributed by atoms with Crippen molar-refractivity contribution in [3.8, 4) is 5.75 Å². The third kappa shape index (κ3) is 2.49. The Bertz CT molecular complexity index is 442. The van der Waals surface area contributed by atoms with Gasteiger partial charge in [-0.15, -0.1) is 0 Å². The minimum Gasteiger partial charge on any atom is -0.487 e. The summed E-state index contributed by atoms with van der Waals surface area (Å²) in [6, 6.07) is 2.36. The Labute approximate surface area is 98.7 Å². The van der Waals surface area contributed by atoms with Gasteiger partial charge in [0.25, 0.3) is 5.91 Å². The fourth-order valence-electron chi connectivity index (χ4n) is 2.06. The summed E-state index contributed by atoms with van der Waals surface area (Å²) in [7, 11) is 0. The molecule has 1 aliphatic carbocycles. The van der Waals surface area contributed by atoms with E-state index in [0.29, 0.717) is 0 Å². The number of ether oxygens (including phenoxy) is 1. The summed E-state index contributed by atoms with van der Waals surface area (Å²) >= 11 is 0. The molecule has 4 N–H and O–H groups in total. The number of hydrogen-bond donors (Lipinski definition) is 2. The van der Waals surface area contributed by atoms with E-state index in [1.807, 2.05) is 0 Å². The first kappa shape index (κ1) is 11.7. The van der Waals surface area contributed by atoms with E-state index in [1.54, 1.807) is 0 Å². The van der Waals surface area contributed by atoms with E-state index in [9.17, 15) is 9.18 Å². The molecule has 0 unspecified atom stereocenters. The Morgan fingerprint density at radius 3 is 2.59 bits per heavy atom. The van der Waals surface area contributed by atoms with Crippen molar-refractivity contribution in [2.24, 2.45) is 5.73 Å². The highest BCUT2D eigenvalue weighted by atomic mass is 19.1. The van der Waals surface area contributed by atoms with Crippen LogP contribution in [0.15, 0.2) is 12.1 Å². The number of hydrogen-bond acceptors (Lipinski definition) is 3. The molecule has 4 nitrogen and oxygen atoms in total. The van der Waals surface area contributed by atoms with Crippen LogP contribution in [0.2, 0.25) is 0 Å². The minimum absolute atomic E-state index is 0.0221. The lowest BCUT2D eigenvalue weighted by atomic mass is 10.1. The van der Waals surface area contributed by atoms with Crippen LogP contribution < -0.4 is 16.2 Å². The molecular weight excluding hydrogens is 223 g/mol. The molecule has 1 saturated carbocycles. The van der Waals surface area contributed by atoms with E-state index in [4.69, 9.17) is 16.2 Å². The zero-order chi connectivity index (χ0) is 12.4. The van der Waals surface area contributed by atoms with Gasteiger partial charge in [0.1, 0.15) is 0 Å². The molecule has 0 atom stereocenters. The van der Waals surface area contributed by atoms with Crippen molar-refractivity contribution in [1.29, 1.82) is 0 Å². The number of carbonyl (C=O) groups is 1. The van der Waals surface area contributed by atoms with Gasteiger partial charge in [-0.3, -0.25) is 4.79 Å². The van der Waals surface area contributed by atoms with Crippen LogP contribution in [0.25, 0.3) is 0 Å². The predicted octanol–water partition coefficient (Wildman–Crippen LogP) is 1.83. The number of primary amides is 1. The highest BCUT2D eigenvalue weighted by Crippen LogP contribution is 2.29. The van der Waals surface area contributed by atoms with Crippen molar-refractivity contribution in [2.45, 2.75) is 31.8 Å². The first-order valence-electron chi connectivity index (χ1n) is 5.63. The standard InChI is InChI=1S/C12H15FN2O2/c13-9-6-10(14)8(12(15)16)5-11(9)17-7-3-1-2-4-7/h5-7H,1-4,14H2,(H2,15,16). The molecule has 1 fully saturated rings. The lowest BCUT2D eigenvalue weighted by molar-refractivity contribution is 0.1000. The van der Waals surface area contributed by atoms with Crippen LogP contribution in [0.5, 0.6) is 5.75 Å². The number of amides is 1. The second kappa shape index (κ2) is 4.61. The van der Waals surface area contributed by atoms with E-state index in [-0.39, 0.29) is 23.1 Å². The third-order valence-corrected chi connectivity index (χ3v) is 2.97. The van der Waals surface area contributed by atoms with Gasteiger partial charge < -0.3 is 16.2 Å². The Morgan fingerprint density at radius 2 is 2.00 bits per heavy atom. The Kier molecular flexibility index (Phi) is 3.17. The monoisotopic (exact) mass is 238 g/mol. The number of nitrogen functional groups attached to an aromatic ring is 1. The minimum atomic E-state index is -0.682. The van der Waals surface area contributed by atoms with Crippen molar-refractivity contribution in [1.82, 2.24) is 0 Å². The highest BCUT2D eigenvalue weighted by Gasteiger charge is 2.20. The van der Waals surface area contributed by atoms with Gasteiger partial charge in [0.15, 0.2) is 11.6 Å². The number of benzene rings is 1. The predicted molar refractivity (Wildman–Crippen MR) is 62.2 cm³/mol. The molecule has 17 heavy (non-hydrogen) atoms. The van der Waals surface area contributed by atoms with Crippen molar-refractivity contribution < 1.29 is 13.9 Å². The highest BCUT2D eigenvalue weighted by molar-refractivity contribution is 5.98. The molecule has 1 aliphatic rings. The number of rotatable bonds is 3. The van der Waals surface area contributed by atoms with Gasteiger partial charge in [-0.25, -0.2) is 4.39 Å². The van der Waals surface area contributed by atoms with Crippen molar-refractivity contribution >= 4 is 11.6 Å². The summed E-state index contributed by atoms with van der Waals surface area (Å²) in [6.07, 6.45) is 4.02. The molecule has 0 saturated heterocycles. The Morgan fingerprint density at radius 1 is 1.35 bits per heavy atom. The quantitative estimate of drug-likeness (QED) is 0.788. The lowest BCUT2D eigenvalue weighted by Crippen LogP contribution is -2.16. The van der Waals surface area contributed by atoms with Gasteiger partial charge in [-0.2, -0.15) is 0 Å². The van der Waals surface area contributed by atoms with Crippen LogP contribution in [0.1, 0.15) is 36.0 Å².